The van der Waals surface area contributed by atoms with E-state index in [1.54, 1.807) is 18.3 Å². The number of aromatic nitrogens is 2. The van der Waals surface area contributed by atoms with Crippen molar-refractivity contribution in [1.29, 1.82) is 0 Å². The lowest BCUT2D eigenvalue weighted by Gasteiger charge is -2.18. The van der Waals surface area contributed by atoms with E-state index in [-0.39, 0.29) is 54.8 Å². The Morgan fingerprint density at radius 3 is 2.52 bits per heavy atom. The van der Waals surface area contributed by atoms with Crippen molar-refractivity contribution < 1.29 is 42.2 Å². The van der Waals surface area contributed by atoms with Gasteiger partial charge in [0.25, 0.3) is 5.56 Å². The number of pyridine rings is 1. The number of carbonyl (C=O) groups is 4. The van der Waals surface area contributed by atoms with Crippen molar-refractivity contribution in [3.63, 3.8) is 0 Å². The number of hydrogen-bond donors (Lipinski definition) is 6. The molecule has 1 aliphatic rings. The van der Waals surface area contributed by atoms with E-state index >= 15 is 0 Å². The molecule has 3 aromatic carbocycles. The molecular weight excluding hydrogens is 683 g/mol. The van der Waals surface area contributed by atoms with E-state index in [0.29, 0.717) is 10.9 Å². The summed E-state index contributed by atoms with van der Waals surface area (Å²) in [6, 6.07) is 15.5. The maximum absolute atomic E-state index is 13.6. The minimum atomic E-state index is -4.63. The number of aliphatic carboxylic acids is 1. The van der Waals surface area contributed by atoms with Gasteiger partial charge in [0, 0.05) is 40.2 Å². The van der Waals surface area contributed by atoms with Crippen molar-refractivity contribution >= 4 is 45.4 Å². The first-order chi connectivity index (χ1) is 24.8. The summed E-state index contributed by atoms with van der Waals surface area (Å²) < 4.78 is 46.1. The number of ether oxygens (including phenoxy) is 1. The van der Waals surface area contributed by atoms with Crippen LogP contribution in [0.15, 0.2) is 83.8 Å². The number of aromatic amines is 2. The molecule has 0 saturated carbocycles. The second-order valence-electron chi connectivity index (χ2n) is 12.7. The zero-order chi connectivity index (χ0) is 37.2. The van der Waals surface area contributed by atoms with Crippen molar-refractivity contribution in [2.45, 2.75) is 55.9 Å². The second-order valence-corrected chi connectivity index (χ2v) is 12.7. The summed E-state index contributed by atoms with van der Waals surface area (Å²) in [5.74, 6) is -3.83. The Labute approximate surface area is 293 Å². The third kappa shape index (κ3) is 7.84. The number of carboxylic acid groups (broad SMARTS) is 1. The Balaban J connectivity index is 1.02. The maximum atomic E-state index is 13.6. The topological polar surface area (TPSA) is 196 Å². The van der Waals surface area contributed by atoms with Crippen LogP contribution in [0.4, 0.5) is 13.2 Å². The molecule has 12 nitrogen and oxygen atoms in total. The van der Waals surface area contributed by atoms with Gasteiger partial charge >= 0.3 is 18.1 Å². The van der Waals surface area contributed by atoms with Gasteiger partial charge in [-0.05, 0) is 60.0 Å². The number of carboxylic acids is 1. The molecule has 3 heterocycles. The van der Waals surface area contributed by atoms with Crippen LogP contribution in [0.3, 0.4) is 0 Å². The lowest BCUT2D eigenvalue weighted by Crippen LogP contribution is -2.49. The molecule has 52 heavy (non-hydrogen) atoms. The summed E-state index contributed by atoms with van der Waals surface area (Å²) in [4.78, 5) is 68.6. The first kappa shape index (κ1) is 35.9. The van der Waals surface area contributed by atoms with Gasteiger partial charge in [-0.3, -0.25) is 19.2 Å². The van der Waals surface area contributed by atoms with Crippen molar-refractivity contribution in [1.82, 2.24) is 20.6 Å². The van der Waals surface area contributed by atoms with Gasteiger partial charge in [0.05, 0.1) is 23.6 Å². The minimum Gasteiger partial charge on any atom is -0.480 e. The Morgan fingerprint density at radius 2 is 1.75 bits per heavy atom. The number of esters is 1. The molecular formula is C37H34F3N5O7. The number of alkyl halides is 3. The number of carbonyl (C=O) groups excluding carboxylic acids is 3. The zero-order valence-electron chi connectivity index (χ0n) is 27.5. The van der Waals surface area contributed by atoms with E-state index in [1.165, 1.54) is 30.3 Å². The number of rotatable bonds is 12. The number of fused-ring (bicyclic) bond motifs is 2. The average Bonchev–Trinajstić information content (AvgIpc) is 3.70. The average molecular weight is 718 g/mol. The normalized spacial score (nSPS) is 17.1. The van der Waals surface area contributed by atoms with Crippen LogP contribution in [-0.2, 0) is 36.5 Å². The Bertz CT molecular complexity index is 2230. The molecule has 1 aliphatic heterocycles. The molecule has 2 amide bonds. The smallest absolute Gasteiger partial charge is 0.417 e. The van der Waals surface area contributed by atoms with Crippen LogP contribution < -0.4 is 21.9 Å². The van der Waals surface area contributed by atoms with Crippen LogP contribution in [0, 0.1) is 0 Å². The molecule has 0 aliphatic carbocycles. The number of benzene rings is 3. The predicted octanol–water partition coefficient (Wildman–Crippen LogP) is 4.13. The Hall–Kier alpha value is -5.96. The Morgan fingerprint density at radius 1 is 1.00 bits per heavy atom. The van der Waals surface area contributed by atoms with E-state index in [2.05, 4.69) is 20.6 Å². The molecule has 0 radical (unpaired) electrons. The molecule has 1 saturated heterocycles. The van der Waals surface area contributed by atoms with Crippen LogP contribution in [0.1, 0.15) is 41.9 Å². The fraction of sp³-hybridized carbons (Fsp3) is 0.270. The first-order valence-corrected chi connectivity index (χ1v) is 16.4. The molecule has 2 aromatic heterocycles. The second kappa shape index (κ2) is 14.7. The number of hydrogen-bond acceptors (Lipinski definition) is 7. The fourth-order valence-corrected chi connectivity index (χ4v) is 6.45. The highest BCUT2D eigenvalue weighted by Crippen LogP contribution is 2.37. The quantitative estimate of drug-likeness (QED) is 0.104. The zero-order valence-corrected chi connectivity index (χ0v) is 27.5. The number of H-pyrrole nitrogens is 2. The Kier molecular flexibility index (Phi) is 10.1. The van der Waals surface area contributed by atoms with E-state index in [0.717, 1.165) is 22.5 Å². The van der Waals surface area contributed by atoms with Crippen molar-refractivity contribution in [2.75, 3.05) is 6.61 Å². The lowest BCUT2D eigenvalue weighted by molar-refractivity contribution is -0.146. The molecule has 6 rings (SSSR count). The standard InChI is InChI=1S/C37H34F3N5O7/c38-37(39,40)27-7-3-1-6-24(27)31-15-20-10-9-19(13-25(20)34(48)45-31)26-16-22(43-33(26)47)18-52-32(46)12-11-30(36(50)51)44-35(49)28(41)14-21-17-42-29-8-4-2-5-23(21)29/h1-10,13,15,17,22,26,28,30,42H,11-12,14,16,18,41H2,(H,43,47)(H,44,49)(H,45,48)(H,50,51)/t22?,26-,28-,30-/m0/s1. The van der Waals surface area contributed by atoms with Gasteiger partial charge in [-0.15, -0.1) is 0 Å². The number of nitrogens with two attached hydrogens (primary N) is 1. The SMILES string of the molecule is N[C@@H](Cc1c[nH]c2ccccc12)C(=O)N[C@@H](CCC(=O)OCC1C[C@@H](c2ccc3cc(-c4ccccc4C(F)(F)F)[nH]c(=O)c3c2)C(=O)N1)C(=O)O. The molecule has 15 heteroatoms. The van der Waals surface area contributed by atoms with Crippen LogP contribution in [0.2, 0.25) is 0 Å². The molecule has 0 spiro atoms. The summed E-state index contributed by atoms with van der Waals surface area (Å²) >= 11 is 0. The summed E-state index contributed by atoms with van der Waals surface area (Å²) in [7, 11) is 0. The maximum Gasteiger partial charge on any atom is 0.417 e. The molecule has 270 valence electrons. The largest absolute Gasteiger partial charge is 0.480 e. The van der Waals surface area contributed by atoms with Gasteiger partial charge in [-0.2, -0.15) is 13.2 Å². The minimum absolute atomic E-state index is 0.000694. The van der Waals surface area contributed by atoms with Crippen LogP contribution in [-0.4, -0.2) is 63.6 Å². The van der Waals surface area contributed by atoms with E-state index < -0.39 is 59.2 Å². The number of halogens is 3. The van der Waals surface area contributed by atoms with Crippen LogP contribution >= 0.6 is 0 Å². The number of para-hydroxylation sites is 1. The van der Waals surface area contributed by atoms with Gasteiger partial charge < -0.3 is 36.2 Å². The third-order valence-electron chi connectivity index (χ3n) is 9.13. The lowest BCUT2D eigenvalue weighted by atomic mass is 9.93. The van der Waals surface area contributed by atoms with Gasteiger partial charge in [-0.25, -0.2) is 4.79 Å². The molecule has 1 unspecified atom stereocenters. The third-order valence-corrected chi connectivity index (χ3v) is 9.13. The van der Waals surface area contributed by atoms with Crippen LogP contribution in [0.25, 0.3) is 32.9 Å². The first-order valence-electron chi connectivity index (χ1n) is 16.4. The summed E-state index contributed by atoms with van der Waals surface area (Å²) in [6.45, 7) is -0.198. The summed E-state index contributed by atoms with van der Waals surface area (Å²) in [5.41, 5.74) is 6.56. The van der Waals surface area contributed by atoms with Gasteiger partial charge in [0.2, 0.25) is 11.8 Å². The molecule has 4 atom stereocenters. The van der Waals surface area contributed by atoms with Crippen molar-refractivity contribution in [3.05, 3.63) is 106 Å². The molecule has 7 N–H and O–H groups in total. The number of amides is 2. The molecule has 1 fully saturated rings. The molecule has 0 bridgehead atoms. The van der Waals surface area contributed by atoms with E-state index in [9.17, 15) is 42.3 Å². The van der Waals surface area contributed by atoms with Crippen molar-refractivity contribution in [2.24, 2.45) is 5.73 Å². The highest BCUT2D eigenvalue weighted by atomic mass is 19.4. The van der Waals surface area contributed by atoms with Gasteiger partial charge in [0.1, 0.15) is 12.6 Å². The summed E-state index contributed by atoms with van der Waals surface area (Å²) in [5, 5.41) is 16.3. The number of nitrogens with one attached hydrogen (secondary N) is 4. The summed E-state index contributed by atoms with van der Waals surface area (Å²) in [6.07, 6.45) is -3.09. The van der Waals surface area contributed by atoms with Gasteiger partial charge in [0.15, 0.2) is 0 Å². The van der Waals surface area contributed by atoms with Crippen molar-refractivity contribution in [3.8, 4) is 11.3 Å². The van der Waals surface area contributed by atoms with Crippen LogP contribution in [0.5, 0.6) is 0 Å². The highest BCUT2D eigenvalue weighted by molar-refractivity contribution is 5.91. The predicted molar refractivity (Wildman–Crippen MR) is 184 cm³/mol. The fourth-order valence-electron chi connectivity index (χ4n) is 6.45. The van der Waals surface area contributed by atoms with Gasteiger partial charge in [-0.1, -0.05) is 48.5 Å². The highest BCUT2D eigenvalue weighted by Gasteiger charge is 2.35. The molecule has 5 aromatic rings. The van der Waals surface area contributed by atoms with E-state index in [4.69, 9.17) is 10.5 Å². The monoisotopic (exact) mass is 717 g/mol. The van der Waals surface area contributed by atoms with E-state index in [1.807, 2.05) is 24.3 Å².